The molecule has 1 atom stereocenters. The van der Waals surface area contributed by atoms with Crippen LogP contribution in [-0.2, 0) is 6.42 Å². The lowest BCUT2D eigenvalue weighted by Crippen LogP contribution is -2.10. The van der Waals surface area contributed by atoms with E-state index in [1.54, 1.807) is 17.3 Å². The summed E-state index contributed by atoms with van der Waals surface area (Å²) in [4.78, 5) is 3.86. The number of pyridine rings is 1. The van der Waals surface area contributed by atoms with Gasteiger partial charge in [-0.3, -0.25) is 4.98 Å². The lowest BCUT2D eigenvalue weighted by Gasteiger charge is -2.26. The van der Waals surface area contributed by atoms with Crippen LogP contribution in [0.5, 0.6) is 5.75 Å². The van der Waals surface area contributed by atoms with Crippen molar-refractivity contribution in [1.29, 1.82) is 0 Å². The van der Waals surface area contributed by atoms with Crippen molar-refractivity contribution in [2.24, 2.45) is 0 Å². The Hall–Kier alpha value is -3.39. The quantitative estimate of drug-likeness (QED) is 0.305. The van der Waals surface area contributed by atoms with Gasteiger partial charge < -0.3 is 5.11 Å². The Kier molecular flexibility index (Phi) is 3.60. The largest absolute Gasteiger partial charge is 0.506 e. The van der Waals surface area contributed by atoms with E-state index in [4.69, 9.17) is 0 Å². The Morgan fingerprint density at radius 3 is 2.55 bits per heavy atom. The van der Waals surface area contributed by atoms with Crippen molar-refractivity contribution in [2.75, 3.05) is 0 Å². The van der Waals surface area contributed by atoms with Gasteiger partial charge in [-0.15, -0.1) is 0 Å². The number of aryl methyl sites for hydroxylation is 1. The van der Waals surface area contributed by atoms with Crippen LogP contribution in [0.2, 0.25) is 0 Å². The first kappa shape index (κ1) is 16.6. The second-order valence-corrected chi connectivity index (χ2v) is 8.10. The average molecular weight is 375 g/mol. The number of aromatic hydroxyl groups is 1. The van der Waals surface area contributed by atoms with Crippen LogP contribution >= 0.6 is 0 Å². The minimum absolute atomic E-state index is 0.239. The van der Waals surface area contributed by atoms with Gasteiger partial charge in [-0.2, -0.15) is 0 Å². The Bertz CT molecular complexity index is 1400. The molecule has 0 fully saturated rings. The summed E-state index contributed by atoms with van der Waals surface area (Å²) in [7, 11) is 0. The van der Waals surface area contributed by atoms with Crippen molar-refractivity contribution in [3.63, 3.8) is 0 Å². The van der Waals surface area contributed by atoms with Gasteiger partial charge in [-0.25, -0.2) is 0 Å². The Morgan fingerprint density at radius 1 is 0.759 bits per heavy atom. The molecule has 0 aliphatic heterocycles. The van der Waals surface area contributed by atoms with Crippen LogP contribution in [0.1, 0.15) is 35.4 Å². The monoisotopic (exact) mass is 375 g/mol. The number of benzene rings is 4. The Labute approximate surface area is 169 Å². The van der Waals surface area contributed by atoms with Crippen molar-refractivity contribution in [3.05, 3.63) is 95.8 Å². The van der Waals surface area contributed by atoms with Crippen LogP contribution in [0, 0.1) is 0 Å². The standard InChI is InChI=1S/C18H14.C9H7NO/c1-2-13-11-4-6-14-12(10-11)5-7-18-15(3-1)16(13)8-9-17(14)18;11-9-6-10-5-7-3-1-2-4-8(7)9/h4-10,13H,1-3H2;1-6,11H. The summed E-state index contributed by atoms with van der Waals surface area (Å²) in [5, 5.41) is 16.9. The third-order valence-electron chi connectivity index (χ3n) is 6.53. The molecule has 5 aliphatic carbocycles. The SMILES string of the molecule is Oc1cncc2ccccc12.c1cc2c3ccc4c5c(ccc42)C(CCC5)c1c3. The van der Waals surface area contributed by atoms with Gasteiger partial charge in [0, 0.05) is 22.9 Å². The highest BCUT2D eigenvalue weighted by Gasteiger charge is 2.25. The molecule has 1 heterocycles. The first-order valence-corrected chi connectivity index (χ1v) is 10.3. The molecule has 0 radical (unpaired) electrons. The van der Waals surface area contributed by atoms with E-state index in [0.717, 1.165) is 10.8 Å². The van der Waals surface area contributed by atoms with Crippen LogP contribution in [0.25, 0.3) is 32.3 Å². The number of aromatic nitrogens is 1. The fourth-order valence-electron chi connectivity index (χ4n) is 5.15. The molecule has 2 nitrogen and oxygen atoms in total. The predicted molar refractivity (Wildman–Crippen MR) is 120 cm³/mol. The molecule has 5 aromatic rings. The number of nitrogens with zero attached hydrogens (tertiary/aromatic N) is 1. The maximum Gasteiger partial charge on any atom is 0.141 e. The molecule has 0 amide bonds. The highest BCUT2D eigenvalue weighted by Crippen LogP contribution is 2.44. The first-order chi connectivity index (χ1) is 14.3. The van der Waals surface area contributed by atoms with E-state index < -0.39 is 0 Å². The Balaban J connectivity index is 0.000000130. The zero-order chi connectivity index (χ0) is 19.4. The van der Waals surface area contributed by atoms with Crippen molar-refractivity contribution < 1.29 is 5.11 Å². The summed E-state index contributed by atoms with van der Waals surface area (Å²) in [6, 6.07) is 24.1. The molecule has 2 heteroatoms. The maximum absolute atomic E-state index is 9.31. The zero-order valence-electron chi connectivity index (χ0n) is 16.1. The van der Waals surface area contributed by atoms with E-state index in [1.165, 1.54) is 52.6 Å². The summed E-state index contributed by atoms with van der Waals surface area (Å²) in [5.41, 5.74) is 4.72. The highest BCUT2D eigenvalue weighted by atomic mass is 16.3. The van der Waals surface area contributed by atoms with Gasteiger partial charge in [-0.05, 0) is 57.5 Å². The predicted octanol–water partition coefficient (Wildman–Crippen LogP) is 6.72. The average Bonchev–Trinajstić information content (AvgIpc) is 2.90. The van der Waals surface area contributed by atoms with Crippen LogP contribution in [0.3, 0.4) is 0 Å². The van der Waals surface area contributed by atoms with Crippen molar-refractivity contribution in [2.45, 2.75) is 25.2 Å². The summed E-state index contributed by atoms with van der Waals surface area (Å²) >= 11 is 0. The van der Waals surface area contributed by atoms with E-state index in [2.05, 4.69) is 47.4 Å². The first-order valence-electron chi connectivity index (χ1n) is 10.3. The van der Waals surface area contributed by atoms with Gasteiger partial charge in [0.25, 0.3) is 0 Å². The van der Waals surface area contributed by atoms with E-state index in [9.17, 15) is 5.11 Å². The van der Waals surface area contributed by atoms with Crippen molar-refractivity contribution in [1.82, 2.24) is 4.98 Å². The fraction of sp³-hybridized carbons (Fsp3) is 0.148. The van der Waals surface area contributed by atoms with E-state index in [-0.39, 0.29) is 5.75 Å². The third kappa shape index (κ3) is 2.52. The maximum atomic E-state index is 9.31. The van der Waals surface area contributed by atoms with Gasteiger partial charge in [0.2, 0.25) is 0 Å². The third-order valence-corrected chi connectivity index (χ3v) is 6.53. The highest BCUT2D eigenvalue weighted by molar-refractivity contribution is 6.09. The van der Waals surface area contributed by atoms with Crippen LogP contribution in [0.15, 0.2) is 79.1 Å². The van der Waals surface area contributed by atoms with Crippen LogP contribution in [-0.4, -0.2) is 10.1 Å². The van der Waals surface area contributed by atoms with Crippen LogP contribution in [0.4, 0.5) is 0 Å². The lowest BCUT2D eigenvalue weighted by molar-refractivity contribution is 0.479. The minimum atomic E-state index is 0.239. The molecule has 5 aliphatic rings. The van der Waals surface area contributed by atoms with Crippen molar-refractivity contribution >= 4 is 32.3 Å². The molecule has 29 heavy (non-hydrogen) atoms. The number of hydrogen-bond acceptors (Lipinski definition) is 2. The molecule has 1 unspecified atom stereocenters. The number of hydrogen-bond donors (Lipinski definition) is 1. The molecule has 0 saturated carbocycles. The Morgan fingerprint density at radius 2 is 1.62 bits per heavy atom. The van der Waals surface area contributed by atoms with E-state index in [0.29, 0.717) is 5.92 Å². The normalized spacial score (nSPS) is 16.3. The van der Waals surface area contributed by atoms with Gasteiger partial charge in [0.1, 0.15) is 5.75 Å². The van der Waals surface area contributed by atoms with Gasteiger partial charge in [-0.1, -0.05) is 66.7 Å². The summed E-state index contributed by atoms with van der Waals surface area (Å²) in [6.45, 7) is 0. The lowest BCUT2D eigenvalue weighted by atomic mass is 9.78. The topological polar surface area (TPSA) is 33.1 Å². The van der Waals surface area contributed by atoms with E-state index in [1.807, 2.05) is 24.3 Å². The van der Waals surface area contributed by atoms with Gasteiger partial charge in [0.05, 0.1) is 6.20 Å². The molecule has 10 rings (SSSR count). The number of rotatable bonds is 0. The molecule has 1 aromatic heterocycles. The minimum Gasteiger partial charge on any atom is -0.506 e. The molecule has 140 valence electrons. The van der Waals surface area contributed by atoms with E-state index >= 15 is 0 Å². The summed E-state index contributed by atoms with van der Waals surface area (Å²) in [6.07, 6.45) is 7.08. The fourth-order valence-corrected chi connectivity index (χ4v) is 5.15. The van der Waals surface area contributed by atoms with Gasteiger partial charge in [0.15, 0.2) is 0 Å². The molecule has 1 N–H and O–H groups in total. The molecule has 4 aromatic carbocycles. The van der Waals surface area contributed by atoms with Crippen molar-refractivity contribution in [3.8, 4) is 5.75 Å². The molecule has 0 saturated heterocycles. The molecule has 0 spiro atoms. The molecule has 8 bridgehead atoms. The second-order valence-electron chi connectivity index (χ2n) is 8.10. The summed E-state index contributed by atoms with van der Waals surface area (Å²) < 4.78 is 0. The van der Waals surface area contributed by atoms with Gasteiger partial charge >= 0.3 is 0 Å². The van der Waals surface area contributed by atoms with Crippen LogP contribution < -0.4 is 0 Å². The number of fused-ring (bicyclic) bond motifs is 1. The molecular formula is C27H21NO. The second kappa shape index (κ2) is 6.31. The molecular weight excluding hydrogens is 354 g/mol. The summed E-state index contributed by atoms with van der Waals surface area (Å²) in [5.74, 6) is 0.871. The smallest absolute Gasteiger partial charge is 0.141 e. The zero-order valence-corrected chi connectivity index (χ0v) is 16.1.